The molecule has 0 spiro atoms. The van der Waals surface area contributed by atoms with E-state index in [1.165, 1.54) is 12.5 Å². The summed E-state index contributed by atoms with van der Waals surface area (Å²) in [6, 6.07) is -1.33. The fourth-order valence-corrected chi connectivity index (χ4v) is 13.3. The third-order valence-electron chi connectivity index (χ3n) is 17.6. The van der Waals surface area contributed by atoms with Gasteiger partial charge in [-0.3, -0.25) is 9.59 Å². The molecule has 4 fully saturated rings. The van der Waals surface area contributed by atoms with E-state index in [-0.39, 0.29) is 28.6 Å². The second-order valence-electron chi connectivity index (χ2n) is 22.0. The molecule has 2 saturated heterocycles. The molecule has 2 heterocycles. The molecule has 1 amide bonds. The maximum atomic E-state index is 13.9. The monoisotopic (exact) mass is 868 g/mol. The van der Waals surface area contributed by atoms with Gasteiger partial charge >= 0.3 is 5.97 Å². The molecule has 0 aromatic heterocycles. The van der Waals surface area contributed by atoms with Crippen molar-refractivity contribution in [3.8, 4) is 0 Å². The second-order valence-corrected chi connectivity index (χ2v) is 22.0. The van der Waals surface area contributed by atoms with Crippen LogP contribution in [-0.2, 0) is 28.5 Å². The first kappa shape index (κ1) is 48.7. The number of ether oxygens (including phenoxy) is 4. The smallest absolute Gasteiger partial charge is 0.314 e. The number of hydrogen-bond donors (Lipinski definition) is 9. The fourth-order valence-electron chi connectivity index (χ4n) is 13.3. The summed E-state index contributed by atoms with van der Waals surface area (Å²) in [5, 5.41) is 89.2. The fraction of sp³-hybridized carbons (Fsp3) is 0.913. The molecule has 350 valence electrons. The van der Waals surface area contributed by atoms with Crippen LogP contribution in [0.4, 0.5) is 0 Å². The standard InChI is InChI=1S/C46H77NO14/c1-23(13-19-45(10,57)41(3,4)5)25-15-20-46(40(55)56)27-11-12-30-42(6,7)31(16-17-43(30,8)26(27)14-18-44(25,46)9)60-39-37(36(54)34(52)29(22-49)59-39)61-38-32(47-24(2)50)35(53)33(51)28(21-48)58-38/h23,25,28-39,48-49,51-54,57H,11-22H2,1-10H3,(H,47,50)(H,55,56)/t23-,25-,28-,29-,30+,31+,32-,33+,34+,35-,36+,37-,38+,39+,43-,44-,45-,46+/m1/s1. The number of fused-ring (bicyclic) bond motifs is 4. The third-order valence-corrected chi connectivity index (χ3v) is 17.6. The van der Waals surface area contributed by atoms with Crippen molar-refractivity contribution in [1.29, 1.82) is 0 Å². The van der Waals surface area contributed by atoms with Gasteiger partial charge in [0, 0.05) is 6.92 Å². The van der Waals surface area contributed by atoms with Crippen LogP contribution >= 0.6 is 0 Å². The van der Waals surface area contributed by atoms with Crippen LogP contribution in [0.5, 0.6) is 0 Å². The first-order valence-corrected chi connectivity index (χ1v) is 22.7. The molecule has 4 aliphatic carbocycles. The molecule has 15 heteroatoms. The van der Waals surface area contributed by atoms with Gasteiger partial charge in [0.05, 0.1) is 30.3 Å². The lowest BCUT2D eigenvalue weighted by molar-refractivity contribution is -0.367. The summed E-state index contributed by atoms with van der Waals surface area (Å²) in [6.07, 6.45) is -6.71. The highest BCUT2D eigenvalue weighted by Crippen LogP contribution is 2.73. The number of aliphatic hydroxyl groups excluding tert-OH is 6. The van der Waals surface area contributed by atoms with Gasteiger partial charge in [-0.2, -0.15) is 0 Å². The molecule has 0 bridgehead atoms. The Bertz CT molecular complexity index is 1650. The van der Waals surface area contributed by atoms with E-state index >= 15 is 0 Å². The van der Waals surface area contributed by atoms with Gasteiger partial charge in [0.1, 0.15) is 48.8 Å². The molecule has 61 heavy (non-hydrogen) atoms. The van der Waals surface area contributed by atoms with Crippen molar-refractivity contribution in [1.82, 2.24) is 5.32 Å². The van der Waals surface area contributed by atoms with Crippen LogP contribution in [-0.4, -0.2) is 139 Å². The molecule has 2 aliphatic heterocycles. The van der Waals surface area contributed by atoms with Crippen LogP contribution in [0.3, 0.4) is 0 Å². The summed E-state index contributed by atoms with van der Waals surface area (Å²) in [6.45, 7) is 19.0. The highest BCUT2D eigenvalue weighted by atomic mass is 16.8. The van der Waals surface area contributed by atoms with E-state index in [0.717, 1.165) is 37.7 Å². The van der Waals surface area contributed by atoms with Gasteiger partial charge in [0.2, 0.25) is 5.91 Å². The zero-order valence-corrected chi connectivity index (χ0v) is 38.1. The summed E-state index contributed by atoms with van der Waals surface area (Å²) in [4.78, 5) is 26.0. The molecule has 9 N–H and O–H groups in total. The molecular formula is C46H77NO14. The van der Waals surface area contributed by atoms with Crippen LogP contribution in [0, 0.1) is 44.8 Å². The number of carboxylic acids is 1. The average Bonchev–Trinajstić information content (AvgIpc) is 3.50. The molecule has 0 radical (unpaired) electrons. The van der Waals surface area contributed by atoms with Crippen LogP contribution < -0.4 is 5.32 Å². The average molecular weight is 868 g/mol. The van der Waals surface area contributed by atoms with Crippen LogP contribution in [0.25, 0.3) is 0 Å². The minimum Gasteiger partial charge on any atom is -0.481 e. The lowest BCUT2D eigenvalue weighted by atomic mass is 9.43. The van der Waals surface area contributed by atoms with Crippen molar-refractivity contribution in [2.75, 3.05) is 13.2 Å². The van der Waals surface area contributed by atoms with Crippen molar-refractivity contribution in [3.05, 3.63) is 11.1 Å². The van der Waals surface area contributed by atoms with Crippen molar-refractivity contribution >= 4 is 11.9 Å². The Morgan fingerprint density at radius 1 is 0.820 bits per heavy atom. The van der Waals surface area contributed by atoms with Gasteiger partial charge < -0.3 is 65.1 Å². The SMILES string of the molecule is CC(=O)N[C@H]1[C@H](O[C@H]2[C@H](O[C@H]3CC[C@]4(C)C5=C(CC[C@H]4C3(C)C)[C@]3(C(=O)O)CC[C@H]([C@H](C)CC[C@@](C)(O)C(C)(C)C)[C@@]3(C)CC5)O[C@H](CO)[C@H](O)[C@@H]2O)O[C@H](CO)[C@H](O)[C@@H]1O. The van der Waals surface area contributed by atoms with E-state index < -0.39 is 114 Å². The second kappa shape index (κ2) is 17.2. The van der Waals surface area contributed by atoms with E-state index in [0.29, 0.717) is 32.1 Å². The highest BCUT2D eigenvalue weighted by Gasteiger charge is 2.69. The minimum absolute atomic E-state index is 0.0725. The molecule has 6 aliphatic rings. The molecular weight excluding hydrogens is 790 g/mol. The largest absolute Gasteiger partial charge is 0.481 e. The van der Waals surface area contributed by atoms with Gasteiger partial charge in [-0.15, -0.1) is 0 Å². The normalized spacial score (nSPS) is 45.2. The number of aliphatic carboxylic acids is 1. The molecule has 18 atom stereocenters. The predicted octanol–water partition coefficient (Wildman–Crippen LogP) is 3.17. The van der Waals surface area contributed by atoms with E-state index in [2.05, 4.69) is 60.7 Å². The third kappa shape index (κ3) is 8.05. The molecule has 2 saturated carbocycles. The Labute approximate surface area is 361 Å². The zero-order valence-electron chi connectivity index (χ0n) is 38.1. The quantitative estimate of drug-likeness (QED) is 0.128. The zero-order chi connectivity index (χ0) is 45.4. The number of carbonyl (C=O) groups excluding carboxylic acids is 1. The summed E-state index contributed by atoms with van der Waals surface area (Å²) in [5.41, 5.74) is -0.980. The number of carboxylic acid groups (broad SMARTS) is 1. The predicted molar refractivity (Wildman–Crippen MR) is 222 cm³/mol. The number of amides is 1. The van der Waals surface area contributed by atoms with Crippen molar-refractivity contribution in [3.63, 3.8) is 0 Å². The number of nitrogens with one attached hydrogen (secondary N) is 1. The van der Waals surface area contributed by atoms with E-state index in [4.69, 9.17) is 18.9 Å². The number of hydrogen-bond acceptors (Lipinski definition) is 13. The van der Waals surface area contributed by atoms with Crippen LogP contribution in [0.2, 0.25) is 0 Å². The van der Waals surface area contributed by atoms with Gasteiger partial charge in [-0.05, 0) is 111 Å². The number of rotatable bonds is 12. The Kier molecular flexibility index (Phi) is 13.8. The van der Waals surface area contributed by atoms with Gasteiger partial charge in [-0.25, -0.2) is 0 Å². The Morgan fingerprint density at radius 3 is 2.00 bits per heavy atom. The number of allylic oxidation sites excluding steroid dienone is 1. The highest BCUT2D eigenvalue weighted by molar-refractivity contribution is 5.82. The Balaban J connectivity index is 1.26. The van der Waals surface area contributed by atoms with Crippen LogP contribution in [0.1, 0.15) is 133 Å². The molecule has 0 aromatic carbocycles. The lowest BCUT2D eigenvalue weighted by Gasteiger charge is -2.62. The van der Waals surface area contributed by atoms with Crippen molar-refractivity contribution in [2.24, 2.45) is 44.8 Å². The van der Waals surface area contributed by atoms with Gasteiger partial charge in [0.25, 0.3) is 0 Å². The van der Waals surface area contributed by atoms with Crippen LogP contribution in [0.15, 0.2) is 11.1 Å². The Hall–Kier alpha value is -1.76. The molecule has 6 rings (SSSR count). The van der Waals surface area contributed by atoms with E-state index in [1.54, 1.807) is 0 Å². The van der Waals surface area contributed by atoms with Crippen molar-refractivity contribution in [2.45, 2.75) is 207 Å². The Morgan fingerprint density at radius 2 is 1.43 bits per heavy atom. The number of carbonyl (C=O) groups is 2. The molecule has 0 aromatic rings. The summed E-state index contributed by atoms with van der Waals surface area (Å²) < 4.78 is 24.9. The van der Waals surface area contributed by atoms with E-state index in [1.807, 2.05) is 6.92 Å². The summed E-state index contributed by atoms with van der Waals surface area (Å²) >= 11 is 0. The van der Waals surface area contributed by atoms with Gasteiger partial charge in [0.15, 0.2) is 12.6 Å². The maximum absolute atomic E-state index is 13.9. The van der Waals surface area contributed by atoms with E-state index in [9.17, 15) is 50.4 Å². The minimum atomic E-state index is -1.68. The molecule has 0 unspecified atom stereocenters. The van der Waals surface area contributed by atoms with Crippen molar-refractivity contribution < 1.29 is 69.4 Å². The maximum Gasteiger partial charge on any atom is 0.314 e. The number of aliphatic hydroxyl groups is 7. The lowest BCUT2D eigenvalue weighted by Crippen LogP contribution is -2.68. The summed E-state index contributed by atoms with van der Waals surface area (Å²) in [5.74, 6) is -0.773. The van der Waals surface area contributed by atoms with Gasteiger partial charge in [-0.1, -0.05) is 66.5 Å². The molecule has 15 nitrogen and oxygen atoms in total. The first-order valence-electron chi connectivity index (χ1n) is 22.7. The summed E-state index contributed by atoms with van der Waals surface area (Å²) in [7, 11) is 0. The topological polar surface area (TPSA) is 245 Å². The first-order chi connectivity index (χ1) is 28.2.